The molecular weight excluding hydrogens is 500 g/mol. The van der Waals surface area contributed by atoms with E-state index in [4.69, 9.17) is 0 Å². The number of rotatable bonds is 6. The van der Waals surface area contributed by atoms with Crippen LogP contribution < -0.4 is 0 Å². The van der Waals surface area contributed by atoms with Crippen molar-refractivity contribution in [2.24, 2.45) is 0 Å². The summed E-state index contributed by atoms with van der Waals surface area (Å²) < 4.78 is 0. The number of fused-ring (bicyclic) bond motifs is 1. The Kier molecular flexibility index (Phi) is 7.58. The Hall–Kier alpha value is -3.56. The highest BCUT2D eigenvalue weighted by atomic mass is 32.1. The van der Waals surface area contributed by atoms with E-state index in [1.54, 1.807) is 4.90 Å². The van der Waals surface area contributed by atoms with Gasteiger partial charge in [-0.3, -0.25) is 24.6 Å². The summed E-state index contributed by atoms with van der Waals surface area (Å²) in [5, 5.41) is 13.1. The van der Waals surface area contributed by atoms with Crippen LogP contribution in [0.25, 0.3) is 0 Å². The van der Waals surface area contributed by atoms with Gasteiger partial charge < -0.3 is 9.80 Å². The van der Waals surface area contributed by atoms with Gasteiger partial charge in [0.05, 0.1) is 11.0 Å². The van der Waals surface area contributed by atoms with Crippen molar-refractivity contribution in [3.8, 4) is 0 Å². The molecule has 1 aromatic heterocycles. The van der Waals surface area contributed by atoms with Gasteiger partial charge in [0.25, 0.3) is 11.6 Å². The van der Waals surface area contributed by atoms with Crippen LogP contribution in [0.2, 0.25) is 0 Å². The molecule has 2 atom stereocenters. The van der Waals surface area contributed by atoms with Gasteiger partial charge in [-0.25, -0.2) is 0 Å². The van der Waals surface area contributed by atoms with E-state index in [1.165, 1.54) is 45.8 Å². The maximum absolute atomic E-state index is 13.3. The van der Waals surface area contributed by atoms with Gasteiger partial charge in [-0.05, 0) is 55.0 Å². The van der Waals surface area contributed by atoms with Crippen molar-refractivity contribution in [3.05, 3.63) is 97.2 Å². The zero-order chi connectivity index (χ0) is 26.8. The lowest BCUT2D eigenvalue weighted by Gasteiger charge is -2.41. The molecule has 0 spiro atoms. The van der Waals surface area contributed by atoms with E-state index in [1.807, 2.05) is 23.2 Å². The summed E-state index contributed by atoms with van der Waals surface area (Å²) in [7, 11) is 0. The zero-order valence-corrected chi connectivity index (χ0v) is 22.5. The number of carbonyl (C=O) groups is 2. The van der Waals surface area contributed by atoms with Crippen LogP contribution >= 0.6 is 11.3 Å². The van der Waals surface area contributed by atoms with Gasteiger partial charge in [-0.2, -0.15) is 0 Å². The van der Waals surface area contributed by atoms with Gasteiger partial charge >= 0.3 is 0 Å². The van der Waals surface area contributed by atoms with Crippen LogP contribution in [0.3, 0.4) is 0 Å². The van der Waals surface area contributed by atoms with Crippen molar-refractivity contribution in [2.45, 2.75) is 38.8 Å². The molecule has 2 unspecified atom stereocenters. The molecule has 0 aliphatic carbocycles. The van der Waals surface area contributed by atoms with E-state index in [0.717, 1.165) is 13.0 Å². The summed E-state index contributed by atoms with van der Waals surface area (Å²) in [5.41, 5.74) is 4.22. The fourth-order valence-corrected chi connectivity index (χ4v) is 6.43. The quantitative estimate of drug-likeness (QED) is 0.340. The zero-order valence-electron chi connectivity index (χ0n) is 21.7. The minimum Gasteiger partial charge on any atom is -0.339 e. The summed E-state index contributed by atoms with van der Waals surface area (Å²) in [4.78, 5) is 44.2. The van der Waals surface area contributed by atoms with Gasteiger partial charge in [0.2, 0.25) is 5.91 Å². The molecule has 2 amide bonds. The van der Waals surface area contributed by atoms with Gasteiger partial charge in [0.1, 0.15) is 0 Å². The first-order chi connectivity index (χ1) is 18.3. The smallest absolute Gasteiger partial charge is 0.269 e. The van der Waals surface area contributed by atoms with Gasteiger partial charge in [0.15, 0.2) is 0 Å². The standard InChI is InChI=1S/C29H32N4O4S/c1-20-3-5-22(6-4-20)28-25-13-18-38-26(25)11-14-30(28)15-12-27(34)31-16-17-32(21(2)19-31)29(35)23-7-9-24(10-8-23)33(36)37/h3-10,13,18,21,28H,11-12,14-17,19H2,1-2H3. The lowest BCUT2D eigenvalue weighted by molar-refractivity contribution is -0.384. The lowest BCUT2D eigenvalue weighted by atomic mass is 9.92. The number of hydrogen-bond acceptors (Lipinski definition) is 6. The Morgan fingerprint density at radius 3 is 2.45 bits per heavy atom. The van der Waals surface area contributed by atoms with E-state index >= 15 is 0 Å². The Bertz CT molecular complexity index is 1320. The Balaban J connectivity index is 1.20. The summed E-state index contributed by atoms with van der Waals surface area (Å²) in [6.07, 6.45) is 1.44. The topological polar surface area (TPSA) is 87.0 Å². The van der Waals surface area contributed by atoms with Crippen LogP contribution in [0.15, 0.2) is 60.0 Å². The second kappa shape index (κ2) is 11.0. The molecule has 2 aliphatic heterocycles. The Morgan fingerprint density at radius 2 is 1.76 bits per heavy atom. The Morgan fingerprint density at radius 1 is 1.03 bits per heavy atom. The first-order valence-corrected chi connectivity index (χ1v) is 13.9. The van der Waals surface area contributed by atoms with Crippen LogP contribution in [0, 0.1) is 17.0 Å². The van der Waals surface area contributed by atoms with Crippen molar-refractivity contribution < 1.29 is 14.5 Å². The molecule has 0 radical (unpaired) electrons. The number of nitrogens with zero attached hydrogens (tertiary/aromatic N) is 4. The van der Waals surface area contributed by atoms with E-state index in [0.29, 0.717) is 38.2 Å². The number of nitro groups is 1. The number of amides is 2. The number of piperazine rings is 1. The van der Waals surface area contributed by atoms with Gasteiger partial charge in [0, 0.05) is 67.8 Å². The predicted octanol–water partition coefficient (Wildman–Crippen LogP) is 4.68. The number of benzene rings is 2. The summed E-state index contributed by atoms with van der Waals surface area (Å²) >= 11 is 1.82. The van der Waals surface area contributed by atoms with Crippen molar-refractivity contribution in [1.82, 2.24) is 14.7 Å². The van der Waals surface area contributed by atoms with E-state index in [9.17, 15) is 19.7 Å². The highest BCUT2D eigenvalue weighted by molar-refractivity contribution is 7.10. The SMILES string of the molecule is Cc1ccc(C2c3ccsc3CCN2CCC(=O)N2CCN(C(=O)c3ccc([N+](=O)[O-])cc3)C(C)C2)cc1. The molecule has 2 aliphatic rings. The molecule has 1 fully saturated rings. The van der Waals surface area contributed by atoms with Crippen molar-refractivity contribution >= 4 is 28.8 Å². The second-order valence-corrected chi connectivity index (χ2v) is 11.1. The largest absolute Gasteiger partial charge is 0.339 e. The van der Waals surface area contributed by atoms with Crippen LogP contribution in [0.1, 0.15) is 51.3 Å². The maximum Gasteiger partial charge on any atom is 0.269 e. The van der Waals surface area contributed by atoms with Crippen molar-refractivity contribution in [1.29, 1.82) is 0 Å². The highest BCUT2D eigenvalue weighted by Crippen LogP contribution is 2.38. The number of nitro benzene ring substituents is 1. The molecular formula is C29H32N4O4S. The average molecular weight is 533 g/mol. The van der Waals surface area contributed by atoms with Crippen LogP contribution in [-0.2, 0) is 11.2 Å². The third kappa shape index (κ3) is 5.35. The molecule has 198 valence electrons. The number of hydrogen-bond donors (Lipinski definition) is 0. The molecule has 9 heteroatoms. The van der Waals surface area contributed by atoms with Crippen LogP contribution in [-0.4, -0.2) is 70.2 Å². The molecule has 3 aromatic rings. The minimum absolute atomic E-state index is 0.0430. The van der Waals surface area contributed by atoms with Crippen LogP contribution in [0.4, 0.5) is 5.69 Å². The summed E-state index contributed by atoms with van der Waals surface area (Å²) in [6, 6.07) is 16.6. The van der Waals surface area contributed by atoms with Crippen molar-refractivity contribution in [2.75, 3.05) is 32.7 Å². The number of carbonyl (C=O) groups excluding carboxylic acids is 2. The number of non-ortho nitro benzene ring substituents is 1. The third-order valence-corrected chi connectivity index (χ3v) is 8.63. The molecule has 5 rings (SSSR count). The third-order valence-electron chi connectivity index (χ3n) is 7.64. The first kappa shape index (κ1) is 26.1. The molecule has 2 aromatic carbocycles. The molecule has 38 heavy (non-hydrogen) atoms. The minimum atomic E-state index is -0.479. The highest BCUT2D eigenvalue weighted by Gasteiger charge is 2.33. The van der Waals surface area contributed by atoms with Crippen LogP contribution in [0.5, 0.6) is 0 Å². The van der Waals surface area contributed by atoms with Gasteiger partial charge in [-0.15, -0.1) is 11.3 Å². The molecule has 0 saturated carbocycles. The fraction of sp³-hybridized carbons (Fsp3) is 0.379. The average Bonchev–Trinajstić information content (AvgIpc) is 3.40. The predicted molar refractivity (Wildman–Crippen MR) is 147 cm³/mol. The second-order valence-electron chi connectivity index (χ2n) is 10.1. The molecule has 0 bridgehead atoms. The van der Waals surface area contributed by atoms with E-state index in [-0.39, 0.29) is 29.6 Å². The maximum atomic E-state index is 13.3. The summed E-state index contributed by atoms with van der Waals surface area (Å²) in [6.45, 7) is 7.05. The molecule has 3 heterocycles. The monoisotopic (exact) mass is 532 g/mol. The summed E-state index contributed by atoms with van der Waals surface area (Å²) in [5.74, 6) is -0.0571. The van der Waals surface area contributed by atoms with E-state index in [2.05, 4.69) is 47.5 Å². The number of thiophene rings is 1. The Labute approximate surface area is 226 Å². The molecule has 0 N–H and O–H groups in total. The van der Waals surface area contributed by atoms with Crippen molar-refractivity contribution in [3.63, 3.8) is 0 Å². The fourth-order valence-electron chi connectivity index (χ4n) is 5.52. The first-order valence-electron chi connectivity index (χ1n) is 13.0. The van der Waals surface area contributed by atoms with E-state index < -0.39 is 4.92 Å². The normalized spacial score (nSPS) is 19.7. The lowest BCUT2D eigenvalue weighted by Crippen LogP contribution is -2.55. The van der Waals surface area contributed by atoms with Gasteiger partial charge in [-0.1, -0.05) is 29.8 Å². The molecule has 1 saturated heterocycles. The number of aryl methyl sites for hydroxylation is 1. The molecule has 8 nitrogen and oxygen atoms in total.